The molecule has 20 atom stereocenters. The maximum absolute atomic E-state index is 14.2. The Kier molecular flexibility index (Phi) is 13.6. The largest absolute Gasteiger partial charge is 0.481 e. The number of aromatic nitrogens is 2. The lowest BCUT2D eigenvalue weighted by molar-refractivity contribution is -0.353. The van der Waals surface area contributed by atoms with Crippen LogP contribution in [0.1, 0.15) is 148 Å². The second-order valence-corrected chi connectivity index (χ2v) is 24.9. The number of carbonyl (C=O) groups excluding carboxylic acids is 1. The van der Waals surface area contributed by atoms with E-state index in [2.05, 4.69) is 47.0 Å². The Bertz CT molecular complexity index is 2190. The highest BCUT2D eigenvalue weighted by Crippen LogP contribution is 2.80. The van der Waals surface area contributed by atoms with Gasteiger partial charge in [-0.3, -0.25) is 9.59 Å². The van der Waals surface area contributed by atoms with Crippen LogP contribution in [0, 0.1) is 85.8 Å². The number of aliphatic hydroxyl groups is 6. The van der Waals surface area contributed by atoms with Crippen molar-refractivity contribution in [3.8, 4) is 11.8 Å². The lowest BCUT2D eigenvalue weighted by Gasteiger charge is -2.77. The van der Waals surface area contributed by atoms with Crippen molar-refractivity contribution in [2.75, 3.05) is 26.4 Å². The van der Waals surface area contributed by atoms with Gasteiger partial charge in [0.2, 0.25) is 5.91 Å². The molecule has 1 aromatic heterocycles. The summed E-state index contributed by atoms with van der Waals surface area (Å²) < 4.78 is 12.9. The smallest absolute Gasteiger partial charge is 0.310 e. The molecule has 1 aromatic rings. The van der Waals surface area contributed by atoms with E-state index < -0.39 is 81.7 Å². The Morgan fingerprint density at radius 2 is 1.74 bits per heavy atom. The topological polar surface area (TPSA) is 261 Å². The van der Waals surface area contributed by atoms with E-state index >= 15 is 0 Å². The van der Waals surface area contributed by atoms with Gasteiger partial charge in [-0.1, -0.05) is 57.6 Å². The van der Waals surface area contributed by atoms with Crippen LogP contribution >= 0.6 is 0 Å². The molecule has 4 bridgehead atoms. The summed E-state index contributed by atoms with van der Waals surface area (Å²) in [6.07, 6.45) is 10.6. The fraction of sp³-hybridized carbons (Fsp3) is 0.836. The summed E-state index contributed by atoms with van der Waals surface area (Å²) in [5, 5.41) is 84.7. The molecule has 10 rings (SSSR count). The third-order valence-electron chi connectivity index (χ3n) is 22.0. The third kappa shape index (κ3) is 7.40. The monoisotopic (exact) mass is 975 g/mol. The minimum atomic E-state index is -1.63. The van der Waals surface area contributed by atoms with Gasteiger partial charge in [0, 0.05) is 66.5 Å². The number of aromatic amines is 1. The summed E-state index contributed by atoms with van der Waals surface area (Å²) in [6.45, 7) is 6.47. The van der Waals surface area contributed by atoms with Crippen molar-refractivity contribution in [2.24, 2.45) is 79.6 Å². The predicted octanol–water partition coefficient (Wildman–Crippen LogP) is 4.54. The highest BCUT2D eigenvalue weighted by molar-refractivity contribution is 5.79. The first-order chi connectivity index (χ1) is 33.5. The summed E-state index contributed by atoms with van der Waals surface area (Å²) in [7, 11) is 0. The molecule has 9 aliphatic rings. The molecule has 1 spiro atoms. The normalized spacial score (nSPS) is 48.5. The van der Waals surface area contributed by atoms with Crippen LogP contribution in [0.25, 0.3) is 0 Å². The van der Waals surface area contributed by atoms with Gasteiger partial charge in [0.15, 0.2) is 6.29 Å². The van der Waals surface area contributed by atoms with Gasteiger partial charge >= 0.3 is 5.97 Å². The first-order valence-corrected chi connectivity index (χ1v) is 27.1. The van der Waals surface area contributed by atoms with Gasteiger partial charge in [-0.05, 0) is 135 Å². The third-order valence-corrected chi connectivity index (χ3v) is 22.0. The van der Waals surface area contributed by atoms with E-state index in [4.69, 9.17) is 15.2 Å². The zero-order chi connectivity index (χ0) is 49.6. The summed E-state index contributed by atoms with van der Waals surface area (Å²) >= 11 is 0. The van der Waals surface area contributed by atoms with E-state index in [-0.39, 0.29) is 79.1 Å². The van der Waals surface area contributed by atoms with Crippen LogP contribution in [0.3, 0.4) is 0 Å². The molecule has 0 aromatic carbocycles. The van der Waals surface area contributed by atoms with Crippen molar-refractivity contribution in [2.45, 2.75) is 185 Å². The molecule has 11 N–H and O–H groups in total. The Balaban J connectivity index is 1.21. The molecule has 7 fully saturated rings. The number of hydrogen-bond donors (Lipinski definition) is 10. The molecule has 388 valence electrons. The van der Waals surface area contributed by atoms with E-state index in [0.29, 0.717) is 70.8 Å². The molecule has 5 saturated carbocycles. The Morgan fingerprint density at radius 3 is 2.44 bits per heavy atom. The van der Waals surface area contributed by atoms with Crippen LogP contribution in [0.2, 0.25) is 0 Å². The van der Waals surface area contributed by atoms with Crippen molar-refractivity contribution in [3.05, 3.63) is 29.9 Å². The molecule has 0 radical (unpaired) electrons. The Hall–Kier alpha value is -2.91. The number of nitrogens with two attached hydrogens (primary N) is 1. The van der Waals surface area contributed by atoms with Gasteiger partial charge < -0.3 is 61.3 Å². The zero-order valence-corrected chi connectivity index (χ0v) is 41.7. The number of allylic oxidation sites excluding steroid dienone is 2. The predicted molar refractivity (Wildman–Crippen MR) is 258 cm³/mol. The zero-order valence-electron chi connectivity index (χ0n) is 41.7. The molecule has 7 aliphatic carbocycles. The number of fused-ring (bicyclic) bond motifs is 2. The number of H-pyrrole nitrogens is 1. The van der Waals surface area contributed by atoms with Gasteiger partial charge in [-0.2, -0.15) is 0 Å². The van der Waals surface area contributed by atoms with Crippen molar-refractivity contribution < 1.29 is 54.8 Å². The molecule has 15 heteroatoms. The number of rotatable bonds is 12. The molecule has 70 heavy (non-hydrogen) atoms. The molecule has 3 heterocycles. The Morgan fingerprint density at radius 1 is 0.971 bits per heavy atom. The quantitative estimate of drug-likeness (QED) is 0.0785. The molecular formula is C55H82N4O11. The fourth-order valence-corrected chi connectivity index (χ4v) is 18.7. The van der Waals surface area contributed by atoms with E-state index in [0.717, 1.165) is 50.6 Å². The summed E-state index contributed by atoms with van der Waals surface area (Å²) in [6, 6.07) is -0.379. The number of carbonyl (C=O) groups is 2. The van der Waals surface area contributed by atoms with Crippen molar-refractivity contribution >= 4 is 11.9 Å². The van der Waals surface area contributed by atoms with Crippen LogP contribution in [0.5, 0.6) is 0 Å². The van der Waals surface area contributed by atoms with E-state index in [1.807, 2.05) is 13.1 Å². The standard InChI is InChI=1S/C55H82N4O11/c1-50(28-60)19-20-53(49(67)68)21-22-54-17-8-7-12-32(34-24-41(63)59-43(34)33(13-9-23-56)37-26-57-30-58-37)42-45(65)47(70-48-46(66)44(64)38(62)27-69-48)51(2,29-61)39-16-18-52(54,3)40(15-14-35(54)36(53)25-50)55(39,42)31-10-5-4-6-11-31/h14,26,30-34,36,38-40,42-48,60-62,64-66H,4-6,8-11,13,15-25,27-29,56H2,1-3H3,(H,57,58)(H,59,63)(H,67,68). The number of aliphatic hydroxyl groups excluding tert-OH is 6. The van der Waals surface area contributed by atoms with Gasteiger partial charge in [0.05, 0.1) is 37.2 Å². The SMILES string of the molecule is CC1(CO)CCC2(C(=O)O)CCC34CCC#CC(C5CC(=O)NC5C(CCCN)c5cnc[nH]5)C5C(O)C(OC6OCC(O)C(O)C6O)C(C)(CO)C6CCC3(C)C(CC=C4C2C1)C56C1CCCCC1. The maximum Gasteiger partial charge on any atom is 0.310 e. The molecule has 2 aliphatic heterocycles. The van der Waals surface area contributed by atoms with E-state index in [9.17, 15) is 45.3 Å². The van der Waals surface area contributed by atoms with E-state index in [1.54, 1.807) is 6.33 Å². The summed E-state index contributed by atoms with van der Waals surface area (Å²) in [4.78, 5) is 35.7. The number of hydrogen-bond acceptors (Lipinski definition) is 12. The molecular weight excluding hydrogens is 893 g/mol. The number of nitrogens with one attached hydrogen (secondary N) is 2. The first kappa shape index (κ1) is 50.6. The minimum Gasteiger partial charge on any atom is -0.481 e. The number of nitrogens with zero attached hydrogens (tertiary/aromatic N) is 1. The summed E-state index contributed by atoms with van der Waals surface area (Å²) in [5.74, 6) is 4.74. The number of carboxylic acids is 1. The first-order valence-electron chi connectivity index (χ1n) is 27.1. The Labute approximate surface area is 413 Å². The highest BCUT2D eigenvalue weighted by Gasteiger charge is 2.77. The molecule has 2 saturated heterocycles. The number of imidazole rings is 1. The van der Waals surface area contributed by atoms with Gasteiger partial charge in [-0.25, -0.2) is 4.98 Å². The average molecular weight is 975 g/mol. The lowest BCUT2D eigenvalue weighted by Crippen LogP contribution is -2.76. The molecule has 15 nitrogen and oxygen atoms in total. The average Bonchev–Trinajstić information content (AvgIpc) is 4.03. The second-order valence-electron chi connectivity index (χ2n) is 24.9. The highest BCUT2D eigenvalue weighted by atomic mass is 16.7. The van der Waals surface area contributed by atoms with Gasteiger partial charge in [0.1, 0.15) is 18.3 Å². The van der Waals surface area contributed by atoms with E-state index in [1.165, 1.54) is 5.57 Å². The van der Waals surface area contributed by atoms with Crippen molar-refractivity contribution in [1.29, 1.82) is 0 Å². The number of amides is 1. The van der Waals surface area contributed by atoms with Crippen molar-refractivity contribution in [1.82, 2.24) is 15.3 Å². The second kappa shape index (κ2) is 18.8. The van der Waals surface area contributed by atoms with Crippen LogP contribution in [0.4, 0.5) is 0 Å². The van der Waals surface area contributed by atoms with Gasteiger partial charge in [-0.15, -0.1) is 5.92 Å². The minimum absolute atomic E-state index is 0.00328. The van der Waals surface area contributed by atoms with Crippen LogP contribution in [-0.4, -0.2) is 127 Å². The van der Waals surface area contributed by atoms with Crippen LogP contribution < -0.4 is 11.1 Å². The number of aliphatic carboxylic acids is 1. The lowest BCUT2D eigenvalue weighted by atomic mass is 9.28. The molecule has 1 amide bonds. The molecule has 20 unspecified atom stereocenters. The summed E-state index contributed by atoms with van der Waals surface area (Å²) in [5.41, 5.74) is 4.40. The van der Waals surface area contributed by atoms with Gasteiger partial charge in [0.25, 0.3) is 0 Å². The maximum atomic E-state index is 14.2. The van der Waals surface area contributed by atoms with Crippen LogP contribution in [0.15, 0.2) is 24.2 Å². The van der Waals surface area contributed by atoms with Crippen molar-refractivity contribution in [3.63, 3.8) is 0 Å². The fourth-order valence-electron chi connectivity index (χ4n) is 18.7. The number of carboxylic acid groups (broad SMARTS) is 1. The van der Waals surface area contributed by atoms with Crippen LogP contribution in [-0.2, 0) is 19.1 Å². The number of ether oxygens (including phenoxy) is 2.